The third-order valence-electron chi connectivity index (χ3n) is 0.313. The van der Waals surface area contributed by atoms with Gasteiger partial charge in [0.25, 0.3) is 0 Å². The maximum Gasteiger partial charge on any atom is 0.120 e. The van der Waals surface area contributed by atoms with Crippen LogP contribution >= 0.6 is 11.6 Å². The van der Waals surface area contributed by atoms with E-state index in [-0.39, 0.29) is 5.17 Å². The van der Waals surface area contributed by atoms with Gasteiger partial charge in [0.15, 0.2) is 0 Å². The van der Waals surface area contributed by atoms with Crippen LogP contribution in [0.2, 0.25) is 0 Å². The molecule has 0 aromatic carbocycles. The van der Waals surface area contributed by atoms with E-state index in [1.165, 1.54) is 6.08 Å². The largest absolute Gasteiger partial charge is 0.289 e. The molecule has 1 N–H and O–H groups in total. The minimum atomic E-state index is 0.0810. The Balaban J connectivity index is 3.30. The van der Waals surface area contributed by atoms with Crippen molar-refractivity contribution >= 4 is 16.8 Å². The molecule has 0 saturated heterocycles. The fourth-order valence-electron chi connectivity index (χ4n) is 0.146. The lowest BCUT2D eigenvalue weighted by Crippen LogP contribution is -1.68. The highest BCUT2D eigenvalue weighted by molar-refractivity contribution is 6.67. The van der Waals surface area contributed by atoms with Gasteiger partial charge in [-0.15, -0.1) is 0 Å². The van der Waals surface area contributed by atoms with Gasteiger partial charge < -0.3 is 0 Å². The molecule has 0 radical (unpaired) electrons. The molecule has 34 valence electrons. The van der Waals surface area contributed by atoms with Gasteiger partial charge >= 0.3 is 0 Å². The minimum absolute atomic E-state index is 0.0810. The van der Waals surface area contributed by atoms with Crippen LogP contribution in [0.4, 0.5) is 0 Å². The molecule has 0 aliphatic carbocycles. The molecular formula is C4H6ClN. The summed E-state index contributed by atoms with van der Waals surface area (Å²) in [6.07, 6.45) is 3.23. The fourth-order valence-corrected chi connectivity index (χ4v) is 0.272. The van der Waals surface area contributed by atoms with Gasteiger partial charge in [0, 0.05) is 0 Å². The summed E-state index contributed by atoms with van der Waals surface area (Å²) in [7, 11) is 0. The number of rotatable bonds is 1. The predicted molar refractivity (Wildman–Crippen MR) is 28.4 cm³/mol. The quantitative estimate of drug-likeness (QED) is 0.489. The molecule has 0 aromatic heterocycles. The van der Waals surface area contributed by atoms with Gasteiger partial charge in [-0.25, -0.2) is 0 Å². The average Bonchev–Trinajstić information content (AvgIpc) is 1.35. The normalized spacial score (nSPS) is 9.67. The highest BCUT2D eigenvalue weighted by Gasteiger charge is 1.70. The van der Waals surface area contributed by atoms with Crippen LogP contribution in [0.5, 0.6) is 0 Å². The molecule has 0 aliphatic rings. The van der Waals surface area contributed by atoms with Crippen molar-refractivity contribution in [2.24, 2.45) is 0 Å². The van der Waals surface area contributed by atoms with E-state index in [4.69, 9.17) is 17.0 Å². The summed E-state index contributed by atoms with van der Waals surface area (Å²) in [5.74, 6) is 0. The monoisotopic (exact) mass is 103 g/mol. The Bertz CT molecular complexity index is 75.6. The number of halogens is 1. The van der Waals surface area contributed by atoms with Crippen molar-refractivity contribution < 1.29 is 0 Å². The molecule has 0 aromatic rings. The molecule has 0 fully saturated rings. The van der Waals surface area contributed by atoms with E-state index in [0.29, 0.717) is 0 Å². The van der Waals surface area contributed by atoms with Gasteiger partial charge in [-0.1, -0.05) is 17.7 Å². The first-order chi connectivity index (χ1) is 2.77. The Hall–Kier alpha value is -0.300. The lowest BCUT2D eigenvalue weighted by molar-refractivity contribution is 1.56. The molecule has 0 rings (SSSR count). The lowest BCUT2D eigenvalue weighted by Gasteiger charge is -1.70. The predicted octanol–water partition coefficient (Wildman–Crippen LogP) is 1.78. The third-order valence-corrected chi connectivity index (χ3v) is 0.439. The van der Waals surface area contributed by atoms with Gasteiger partial charge in [-0.3, -0.25) is 5.41 Å². The first-order valence-electron chi connectivity index (χ1n) is 1.64. The van der Waals surface area contributed by atoms with Crippen LogP contribution in [-0.2, 0) is 0 Å². The van der Waals surface area contributed by atoms with E-state index in [9.17, 15) is 0 Å². The van der Waals surface area contributed by atoms with Crippen LogP contribution in [0.15, 0.2) is 12.2 Å². The fraction of sp³-hybridized carbons (Fsp3) is 0.250. The molecule has 0 spiro atoms. The Morgan fingerprint density at radius 1 is 1.83 bits per heavy atom. The molecule has 1 nitrogen and oxygen atoms in total. The Labute approximate surface area is 42.1 Å². The third kappa shape index (κ3) is 3.70. The Kier molecular flexibility index (Phi) is 2.77. The Morgan fingerprint density at radius 2 is 2.33 bits per heavy atom. The number of nitrogens with one attached hydrogen (secondary N) is 1. The molecule has 0 bridgehead atoms. The van der Waals surface area contributed by atoms with Crippen LogP contribution in [-0.4, -0.2) is 5.17 Å². The summed E-state index contributed by atoms with van der Waals surface area (Å²) in [6, 6.07) is 0. The molecule has 0 heterocycles. The second kappa shape index (κ2) is 2.91. The maximum atomic E-state index is 6.57. The summed E-state index contributed by atoms with van der Waals surface area (Å²) in [6.45, 7) is 1.82. The molecule has 0 amide bonds. The second-order valence-electron chi connectivity index (χ2n) is 0.848. The summed E-state index contributed by atoms with van der Waals surface area (Å²) in [5, 5.41) is 6.65. The van der Waals surface area contributed by atoms with Crippen molar-refractivity contribution in [3.8, 4) is 0 Å². The summed E-state index contributed by atoms with van der Waals surface area (Å²) < 4.78 is 0. The zero-order chi connectivity index (χ0) is 4.99. The van der Waals surface area contributed by atoms with Gasteiger partial charge in [0.1, 0.15) is 5.17 Å². The maximum absolute atomic E-state index is 6.57. The molecule has 0 unspecified atom stereocenters. The molecular weight excluding hydrogens is 97.5 g/mol. The average molecular weight is 104 g/mol. The first-order valence-corrected chi connectivity index (χ1v) is 2.02. The second-order valence-corrected chi connectivity index (χ2v) is 1.26. The van der Waals surface area contributed by atoms with Crippen LogP contribution in [0, 0.1) is 5.41 Å². The molecule has 6 heavy (non-hydrogen) atoms. The van der Waals surface area contributed by atoms with Gasteiger partial charge in [-0.2, -0.15) is 0 Å². The zero-order valence-corrected chi connectivity index (χ0v) is 4.29. The van der Waals surface area contributed by atoms with Crippen LogP contribution in [0.1, 0.15) is 6.92 Å². The van der Waals surface area contributed by atoms with Crippen molar-refractivity contribution in [3.05, 3.63) is 12.2 Å². The molecule has 0 atom stereocenters. The van der Waals surface area contributed by atoms with E-state index >= 15 is 0 Å². The van der Waals surface area contributed by atoms with Gasteiger partial charge in [0.05, 0.1) is 0 Å². The molecule has 0 saturated carbocycles. The number of hydrogen-bond acceptors (Lipinski definition) is 1. The van der Waals surface area contributed by atoms with E-state index in [1.807, 2.05) is 6.92 Å². The first kappa shape index (κ1) is 5.70. The van der Waals surface area contributed by atoms with E-state index in [1.54, 1.807) is 6.08 Å². The zero-order valence-electron chi connectivity index (χ0n) is 3.53. The van der Waals surface area contributed by atoms with E-state index < -0.39 is 0 Å². The van der Waals surface area contributed by atoms with Gasteiger partial charge in [0.2, 0.25) is 0 Å². The topological polar surface area (TPSA) is 23.9 Å². The summed E-state index contributed by atoms with van der Waals surface area (Å²) in [4.78, 5) is 0. The van der Waals surface area contributed by atoms with Crippen molar-refractivity contribution in [2.75, 3.05) is 0 Å². The highest BCUT2D eigenvalue weighted by Crippen LogP contribution is 1.79. The lowest BCUT2D eigenvalue weighted by atomic mass is 10.6. The summed E-state index contributed by atoms with van der Waals surface area (Å²) >= 11 is 5.07. The van der Waals surface area contributed by atoms with Crippen molar-refractivity contribution in [2.45, 2.75) is 6.92 Å². The highest BCUT2D eigenvalue weighted by atomic mass is 35.5. The smallest absolute Gasteiger partial charge is 0.120 e. The Morgan fingerprint density at radius 3 is 2.33 bits per heavy atom. The van der Waals surface area contributed by atoms with Crippen molar-refractivity contribution in [3.63, 3.8) is 0 Å². The van der Waals surface area contributed by atoms with Crippen molar-refractivity contribution in [1.82, 2.24) is 0 Å². The number of hydrogen-bond donors (Lipinski definition) is 1. The van der Waals surface area contributed by atoms with Gasteiger partial charge in [-0.05, 0) is 13.0 Å². The number of allylic oxidation sites excluding steroid dienone is 2. The molecule has 2 heteroatoms. The molecule has 0 aliphatic heterocycles. The van der Waals surface area contributed by atoms with Crippen molar-refractivity contribution in [1.29, 1.82) is 5.41 Å². The van der Waals surface area contributed by atoms with Crippen LogP contribution in [0.3, 0.4) is 0 Å². The van der Waals surface area contributed by atoms with Crippen LogP contribution < -0.4 is 0 Å². The summed E-state index contributed by atoms with van der Waals surface area (Å²) in [5.41, 5.74) is 0. The van der Waals surface area contributed by atoms with E-state index in [0.717, 1.165) is 0 Å². The standard InChI is InChI=1S/C4H6ClN/c1-2-3-4(5)6/h2-3,6H,1H3/b3-2+,6-4?. The minimum Gasteiger partial charge on any atom is -0.289 e. The van der Waals surface area contributed by atoms with Crippen LogP contribution in [0.25, 0.3) is 0 Å². The van der Waals surface area contributed by atoms with E-state index in [2.05, 4.69) is 0 Å². The SMILES string of the molecule is C/C=C/C(=N)Cl.